The van der Waals surface area contributed by atoms with Gasteiger partial charge in [0, 0.05) is 12.8 Å². The number of hydrogen-bond acceptors (Lipinski definition) is 8. The molecule has 0 unspecified atom stereocenters. The smallest absolute Gasteiger partial charge is 0.364 e. The fraction of sp³-hybridized carbons (Fsp3) is 0.615. The molecule has 10 heteroatoms. The Labute approximate surface area is 131 Å². The normalized spacial score (nSPS) is 17.7. The van der Waals surface area contributed by atoms with Gasteiger partial charge in [-0.25, -0.2) is 9.59 Å². The summed E-state index contributed by atoms with van der Waals surface area (Å²) >= 11 is 0. The highest BCUT2D eigenvalue weighted by atomic mass is 16.7. The molecule has 3 N–H and O–H groups in total. The van der Waals surface area contributed by atoms with Crippen molar-refractivity contribution in [2.75, 3.05) is 0 Å². The van der Waals surface area contributed by atoms with Gasteiger partial charge in [0.15, 0.2) is 0 Å². The number of carboxylic acids is 1. The summed E-state index contributed by atoms with van der Waals surface area (Å²) in [7, 11) is 0. The molecular formula is C13H18N2O8. The topological polar surface area (TPSA) is 153 Å². The Morgan fingerprint density at radius 1 is 1.13 bits per heavy atom. The van der Waals surface area contributed by atoms with Crippen molar-refractivity contribution in [3.63, 3.8) is 0 Å². The number of esters is 1. The first-order valence-electron chi connectivity index (χ1n) is 6.69. The zero-order valence-corrected chi connectivity index (χ0v) is 13.0. The molecule has 0 aliphatic carbocycles. The monoisotopic (exact) mass is 330 g/mol. The van der Waals surface area contributed by atoms with E-state index in [0.29, 0.717) is 0 Å². The van der Waals surface area contributed by atoms with E-state index in [1.807, 2.05) is 0 Å². The Balaban J connectivity index is 3.02. The lowest BCUT2D eigenvalue weighted by atomic mass is 9.96. The fourth-order valence-electron chi connectivity index (χ4n) is 1.66. The number of carbonyl (C=O) groups excluding carboxylic acids is 4. The Hall–Kier alpha value is -2.49. The second kappa shape index (κ2) is 6.32. The molecule has 1 fully saturated rings. The summed E-state index contributed by atoms with van der Waals surface area (Å²) in [6.07, 6.45) is -1.44. The van der Waals surface area contributed by atoms with Gasteiger partial charge >= 0.3 is 17.9 Å². The average molecular weight is 330 g/mol. The summed E-state index contributed by atoms with van der Waals surface area (Å²) in [4.78, 5) is 62.5. The molecule has 0 aromatic heterocycles. The second-order valence-corrected chi connectivity index (χ2v) is 6.00. The van der Waals surface area contributed by atoms with Gasteiger partial charge in [-0.2, -0.15) is 0 Å². The van der Waals surface area contributed by atoms with Crippen molar-refractivity contribution in [1.82, 2.24) is 5.06 Å². The van der Waals surface area contributed by atoms with Gasteiger partial charge in [-0.1, -0.05) is 0 Å². The second-order valence-electron chi connectivity index (χ2n) is 6.00. The van der Waals surface area contributed by atoms with Crippen molar-refractivity contribution in [3.05, 3.63) is 0 Å². The summed E-state index contributed by atoms with van der Waals surface area (Å²) < 4.78 is 4.93. The predicted molar refractivity (Wildman–Crippen MR) is 72.2 cm³/mol. The number of amides is 2. The molecule has 1 heterocycles. The van der Waals surface area contributed by atoms with Gasteiger partial charge in [-0.15, -0.1) is 5.06 Å². The highest BCUT2D eigenvalue weighted by Crippen LogP contribution is 2.20. The number of nitrogens with zero attached hydrogens (tertiary/aromatic N) is 1. The molecule has 1 atom stereocenters. The first kappa shape index (κ1) is 18.6. The third-order valence-electron chi connectivity index (χ3n) is 2.74. The lowest BCUT2D eigenvalue weighted by Gasteiger charge is -2.29. The Kier molecular flexibility index (Phi) is 5.10. The average Bonchev–Trinajstić information content (AvgIpc) is 2.67. The molecule has 1 rings (SSSR count). The number of hydroxylamine groups is 2. The minimum Gasteiger partial charge on any atom is -0.481 e. The van der Waals surface area contributed by atoms with Crippen LogP contribution in [0.1, 0.15) is 40.0 Å². The van der Waals surface area contributed by atoms with E-state index in [4.69, 9.17) is 15.6 Å². The largest absolute Gasteiger partial charge is 0.481 e. The van der Waals surface area contributed by atoms with Gasteiger partial charge in [0.1, 0.15) is 5.60 Å². The van der Waals surface area contributed by atoms with Gasteiger partial charge in [0.05, 0.1) is 6.42 Å². The molecule has 23 heavy (non-hydrogen) atoms. The first-order valence-corrected chi connectivity index (χ1v) is 6.69. The van der Waals surface area contributed by atoms with E-state index in [9.17, 15) is 24.0 Å². The maximum atomic E-state index is 12.1. The Bertz CT molecular complexity index is 549. The van der Waals surface area contributed by atoms with E-state index in [2.05, 4.69) is 4.84 Å². The molecule has 0 aromatic rings. The lowest BCUT2D eigenvalue weighted by molar-refractivity contribution is -0.205. The van der Waals surface area contributed by atoms with Crippen molar-refractivity contribution < 1.29 is 38.7 Å². The molecule has 128 valence electrons. The van der Waals surface area contributed by atoms with Gasteiger partial charge in [0.25, 0.3) is 11.8 Å². The van der Waals surface area contributed by atoms with Crippen molar-refractivity contribution >= 4 is 29.7 Å². The molecule has 1 aliphatic heterocycles. The molecule has 0 radical (unpaired) electrons. The van der Waals surface area contributed by atoms with Crippen molar-refractivity contribution in [3.8, 4) is 0 Å². The maximum Gasteiger partial charge on any atom is 0.364 e. The lowest BCUT2D eigenvalue weighted by Crippen LogP contribution is -2.60. The maximum absolute atomic E-state index is 12.1. The van der Waals surface area contributed by atoms with Crippen molar-refractivity contribution in [1.29, 1.82) is 0 Å². The van der Waals surface area contributed by atoms with Crippen LogP contribution in [-0.4, -0.2) is 51.0 Å². The van der Waals surface area contributed by atoms with E-state index >= 15 is 0 Å². The molecule has 2 amide bonds. The van der Waals surface area contributed by atoms with E-state index < -0.39 is 47.3 Å². The van der Waals surface area contributed by atoms with E-state index in [-0.39, 0.29) is 17.9 Å². The number of hydrogen-bond donors (Lipinski definition) is 2. The van der Waals surface area contributed by atoms with Crippen molar-refractivity contribution in [2.45, 2.75) is 51.2 Å². The highest BCUT2D eigenvalue weighted by Gasteiger charge is 2.51. The number of aliphatic carboxylic acids is 1. The van der Waals surface area contributed by atoms with Crippen LogP contribution in [0.4, 0.5) is 0 Å². The molecule has 0 aromatic carbocycles. The van der Waals surface area contributed by atoms with Crippen LogP contribution in [-0.2, 0) is 33.5 Å². The predicted octanol–water partition coefficient (Wildman–Crippen LogP) is -0.892. The molecular weight excluding hydrogens is 312 g/mol. The third kappa shape index (κ3) is 4.49. The number of imide groups is 1. The summed E-state index contributed by atoms with van der Waals surface area (Å²) in [5.41, 5.74) is 1.85. The minimum atomic E-state index is -2.69. The Morgan fingerprint density at radius 3 is 2.00 bits per heavy atom. The Morgan fingerprint density at radius 2 is 1.61 bits per heavy atom. The summed E-state index contributed by atoms with van der Waals surface area (Å²) in [5, 5.41) is 9.04. The van der Waals surface area contributed by atoms with Crippen LogP contribution in [0.3, 0.4) is 0 Å². The van der Waals surface area contributed by atoms with Crippen LogP contribution in [0.15, 0.2) is 0 Å². The SMILES string of the molecule is CC(C)(C)OC(=O)[C@](N)(CC(=O)O)C(=O)ON1C(=O)CCC1=O. The minimum absolute atomic E-state index is 0.158. The molecule has 0 bridgehead atoms. The fourth-order valence-corrected chi connectivity index (χ4v) is 1.66. The third-order valence-corrected chi connectivity index (χ3v) is 2.74. The van der Waals surface area contributed by atoms with Gasteiger partial charge < -0.3 is 20.4 Å². The van der Waals surface area contributed by atoms with Crippen LogP contribution in [0.5, 0.6) is 0 Å². The number of carboxylic acid groups (broad SMARTS) is 1. The van der Waals surface area contributed by atoms with Gasteiger partial charge in [-0.05, 0) is 20.8 Å². The molecule has 1 aliphatic rings. The zero-order valence-electron chi connectivity index (χ0n) is 13.0. The molecule has 0 saturated carbocycles. The van der Waals surface area contributed by atoms with E-state index in [1.165, 1.54) is 20.8 Å². The first-order chi connectivity index (χ1) is 10.4. The summed E-state index contributed by atoms with van der Waals surface area (Å²) in [5.74, 6) is -6.03. The molecule has 0 spiro atoms. The number of carbonyl (C=O) groups is 5. The van der Waals surface area contributed by atoms with Crippen molar-refractivity contribution in [2.24, 2.45) is 5.73 Å². The van der Waals surface area contributed by atoms with E-state index in [0.717, 1.165) is 0 Å². The number of nitrogens with two attached hydrogens (primary N) is 1. The van der Waals surface area contributed by atoms with Crippen LogP contribution >= 0.6 is 0 Å². The number of ether oxygens (including phenoxy) is 1. The standard InChI is InChI=1S/C13H18N2O8/c1-12(2,3)22-10(20)13(14,6-9(18)19)11(21)23-15-7(16)4-5-8(15)17/h4-6,14H2,1-3H3,(H,18,19)/t13-/m1/s1. The zero-order chi connectivity index (χ0) is 18.0. The van der Waals surface area contributed by atoms with E-state index in [1.54, 1.807) is 0 Å². The summed E-state index contributed by atoms with van der Waals surface area (Å²) in [6.45, 7) is 4.47. The molecule has 10 nitrogen and oxygen atoms in total. The van der Waals surface area contributed by atoms with Crippen LogP contribution < -0.4 is 5.73 Å². The van der Waals surface area contributed by atoms with Gasteiger partial charge in [0.2, 0.25) is 5.54 Å². The van der Waals surface area contributed by atoms with Crippen LogP contribution in [0.2, 0.25) is 0 Å². The highest BCUT2D eigenvalue weighted by molar-refractivity contribution is 6.09. The van der Waals surface area contributed by atoms with Crippen LogP contribution in [0.25, 0.3) is 0 Å². The van der Waals surface area contributed by atoms with Gasteiger partial charge in [-0.3, -0.25) is 14.4 Å². The van der Waals surface area contributed by atoms with Crippen LogP contribution in [0, 0.1) is 0 Å². The quantitative estimate of drug-likeness (QED) is 0.371. The summed E-state index contributed by atoms with van der Waals surface area (Å²) in [6, 6.07) is 0. The number of rotatable bonds is 5. The molecule has 1 saturated heterocycles.